The van der Waals surface area contributed by atoms with Gasteiger partial charge in [-0.1, -0.05) is 17.7 Å². The van der Waals surface area contributed by atoms with Crippen LogP contribution in [0.5, 0.6) is 0 Å². The number of benzene rings is 1. The van der Waals surface area contributed by atoms with Crippen LogP contribution in [0.3, 0.4) is 0 Å². The fraction of sp³-hybridized carbons (Fsp3) is 0.385. The van der Waals surface area contributed by atoms with Crippen molar-refractivity contribution >= 4 is 17.5 Å². The Morgan fingerprint density at radius 2 is 1.71 bits per heavy atom. The van der Waals surface area contributed by atoms with Crippen LogP contribution < -0.4 is 10.6 Å². The first-order valence-corrected chi connectivity index (χ1v) is 5.69. The first-order valence-electron chi connectivity index (χ1n) is 5.69. The predicted molar refractivity (Wildman–Crippen MR) is 65.5 cm³/mol. The lowest BCUT2D eigenvalue weighted by atomic mass is 10.1. The van der Waals surface area contributed by atoms with E-state index in [9.17, 15) is 9.59 Å². The van der Waals surface area contributed by atoms with Gasteiger partial charge >= 0.3 is 0 Å². The number of anilines is 1. The van der Waals surface area contributed by atoms with Crippen molar-refractivity contribution in [3.63, 3.8) is 0 Å². The third-order valence-corrected chi connectivity index (χ3v) is 3.16. The average Bonchev–Trinajstić information content (AvgIpc) is 3.12. The van der Waals surface area contributed by atoms with Crippen molar-refractivity contribution in [1.29, 1.82) is 0 Å². The Hall–Kier alpha value is -1.84. The molecule has 2 amide bonds. The van der Waals surface area contributed by atoms with Crippen LogP contribution in [0.2, 0.25) is 0 Å². The summed E-state index contributed by atoms with van der Waals surface area (Å²) in [5.74, 6) is -0.400. The van der Waals surface area contributed by atoms with Gasteiger partial charge in [0.05, 0.1) is 0 Å². The minimum absolute atomic E-state index is 0.192. The first kappa shape index (κ1) is 11.6. The fourth-order valence-electron chi connectivity index (χ4n) is 1.81. The molecule has 0 bridgehead atoms. The van der Waals surface area contributed by atoms with Crippen molar-refractivity contribution in [2.75, 3.05) is 12.4 Å². The average molecular weight is 232 g/mol. The Morgan fingerprint density at radius 3 is 2.18 bits per heavy atom. The monoisotopic (exact) mass is 232 g/mol. The third-order valence-electron chi connectivity index (χ3n) is 3.16. The highest BCUT2D eigenvalue weighted by Crippen LogP contribution is 2.46. The molecule has 1 aliphatic rings. The fourth-order valence-corrected chi connectivity index (χ4v) is 1.81. The normalized spacial score (nSPS) is 16.1. The number of hydrogen-bond acceptors (Lipinski definition) is 2. The molecule has 0 saturated heterocycles. The maximum absolute atomic E-state index is 12.0. The first-order chi connectivity index (χ1) is 8.08. The van der Waals surface area contributed by atoms with Gasteiger partial charge in [-0.05, 0) is 31.9 Å². The van der Waals surface area contributed by atoms with Gasteiger partial charge in [0.1, 0.15) is 5.41 Å². The molecule has 0 radical (unpaired) electrons. The Morgan fingerprint density at radius 1 is 1.12 bits per heavy atom. The second-order valence-electron chi connectivity index (χ2n) is 4.48. The Kier molecular flexibility index (Phi) is 2.88. The maximum atomic E-state index is 12.0. The van der Waals surface area contributed by atoms with Crippen LogP contribution in [-0.4, -0.2) is 18.9 Å². The smallest absolute Gasteiger partial charge is 0.240 e. The highest BCUT2D eigenvalue weighted by atomic mass is 16.2. The largest absolute Gasteiger partial charge is 0.358 e. The zero-order valence-electron chi connectivity index (χ0n) is 10.0. The molecular formula is C13H16N2O2. The lowest BCUT2D eigenvalue weighted by Gasteiger charge is -2.13. The summed E-state index contributed by atoms with van der Waals surface area (Å²) in [6.07, 6.45) is 1.26. The zero-order chi connectivity index (χ0) is 12.5. The Bertz CT molecular complexity index is 447. The molecule has 90 valence electrons. The summed E-state index contributed by atoms with van der Waals surface area (Å²) in [6, 6.07) is 7.53. The molecule has 1 fully saturated rings. The molecule has 0 unspecified atom stereocenters. The van der Waals surface area contributed by atoms with Gasteiger partial charge in [0.25, 0.3) is 0 Å². The van der Waals surface area contributed by atoms with Crippen molar-refractivity contribution in [3.8, 4) is 0 Å². The van der Waals surface area contributed by atoms with E-state index in [1.807, 2.05) is 31.2 Å². The lowest BCUT2D eigenvalue weighted by Crippen LogP contribution is -2.38. The molecule has 1 aliphatic carbocycles. The van der Waals surface area contributed by atoms with Crippen molar-refractivity contribution in [2.45, 2.75) is 19.8 Å². The number of carbonyl (C=O) groups is 2. The van der Waals surface area contributed by atoms with E-state index in [4.69, 9.17) is 0 Å². The van der Waals surface area contributed by atoms with E-state index >= 15 is 0 Å². The van der Waals surface area contributed by atoms with Crippen LogP contribution >= 0.6 is 0 Å². The molecule has 4 heteroatoms. The summed E-state index contributed by atoms with van der Waals surface area (Å²) in [6.45, 7) is 1.98. The molecule has 2 rings (SSSR count). The lowest BCUT2D eigenvalue weighted by molar-refractivity contribution is -0.134. The van der Waals surface area contributed by atoms with Gasteiger partial charge in [-0.15, -0.1) is 0 Å². The number of amides is 2. The molecule has 4 nitrogen and oxygen atoms in total. The highest BCUT2D eigenvalue weighted by molar-refractivity contribution is 6.12. The van der Waals surface area contributed by atoms with Crippen molar-refractivity contribution in [1.82, 2.24) is 5.32 Å². The Balaban J connectivity index is 2.07. The summed E-state index contributed by atoms with van der Waals surface area (Å²) >= 11 is 0. The van der Waals surface area contributed by atoms with E-state index in [2.05, 4.69) is 10.6 Å². The summed E-state index contributed by atoms with van der Waals surface area (Å²) in [5.41, 5.74) is 1.03. The quantitative estimate of drug-likeness (QED) is 0.775. The van der Waals surface area contributed by atoms with Gasteiger partial charge in [-0.25, -0.2) is 0 Å². The van der Waals surface area contributed by atoms with Gasteiger partial charge < -0.3 is 10.6 Å². The Labute approximate surface area is 100 Å². The number of hydrogen-bond donors (Lipinski definition) is 2. The van der Waals surface area contributed by atoms with Crippen LogP contribution in [0.15, 0.2) is 24.3 Å². The molecular weight excluding hydrogens is 216 g/mol. The van der Waals surface area contributed by atoms with E-state index in [0.717, 1.165) is 11.3 Å². The summed E-state index contributed by atoms with van der Waals surface area (Å²) in [5, 5.41) is 5.33. The predicted octanol–water partition coefficient (Wildman–Crippen LogP) is 1.46. The van der Waals surface area contributed by atoms with E-state index in [1.165, 1.54) is 0 Å². The highest BCUT2D eigenvalue weighted by Gasteiger charge is 2.56. The van der Waals surface area contributed by atoms with Crippen molar-refractivity contribution < 1.29 is 9.59 Å². The molecule has 0 spiro atoms. The molecule has 1 aromatic rings. The number of aryl methyl sites for hydroxylation is 1. The minimum atomic E-state index is -0.834. The topological polar surface area (TPSA) is 58.2 Å². The third kappa shape index (κ3) is 2.16. The standard InChI is InChI=1S/C13H16N2O2/c1-9-3-5-10(6-4-9)15-12(17)13(7-8-13)11(16)14-2/h3-6H,7-8H2,1-2H3,(H,14,16)(H,15,17). The SMILES string of the molecule is CNC(=O)C1(C(=O)Nc2ccc(C)cc2)CC1. The molecule has 0 heterocycles. The van der Waals surface area contributed by atoms with E-state index in [-0.39, 0.29) is 11.8 Å². The van der Waals surface area contributed by atoms with Gasteiger partial charge in [0.2, 0.25) is 11.8 Å². The van der Waals surface area contributed by atoms with Gasteiger partial charge in [0.15, 0.2) is 0 Å². The summed E-state index contributed by atoms with van der Waals surface area (Å²) < 4.78 is 0. The van der Waals surface area contributed by atoms with Gasteiger partial charge in [-0.2, -0.15) is 0 Å². The molecule has 2 N–H and O–H groups in total. The minimum Gasteiger partial charge on any atom is -0.358 e. The summed E-state index contributed by atoms with van der Waals surface area (Å²) in [4.78, 5) is 23.6. The second-order valence-corrected chi connectivity index (χ2v) is 4.48. The molecule has 17 heavy (non-hydrogen) atoms. The van der Waals surface area contributed by atoms with E-state index in [0.29, 0.717) is 12.8 Å². The van der Waals surface area contributed by atoms with Crippen LogP contribution in [0, 0.1) is 12.3 Å². The molecule has 0 aromatic heterocycles. The summed E-state index contributed by atoms with van der Waals surface area (Å²) in [7, 11) is 1.56. The molecule has 1 saturated carbocycles. The number of rotatable bonds is 3. The second kappa shape index (κ2) is 4.20. The van der Waals surface area contributed by atoms with Gasteiger partial charge in [0, 0.05) is 12.7 Å². The molecule has 0 aliphatic heterocycles. The van der Waals surface area contributed by atoms with Crippen molar-refractivity contribution in [3.05, 3.63) is 29.8 Å². The molecule has 1 aromatic carbocycles. The van der Waals surface area contributed by atoms with Crippen LogP contribution in [0.1, 0.15) is 18.4 Å². The maximum Gasteiger partial charge on any atom is 0.240 e. The van der Waals surface area contributed by atoms with Crippen molar-refractivity contribution in [2.24, 2.45) is 5.41 Å². The van der Waals surface area contributed by atoms with Crippen LogP contribution in [0.25, 0.3) is 0 Å². The van der Waals surface area contributed by atoms with E-state index < -0.39 is 5.41 Å². The number of nitrogens with one attached hydrogen (secondary N) is 2. The van der Waals surface area contributed by atoms with Crippen LogP contribution in [-0.2, 0) is 9.59 Å². The molecule has 0 atom stereocenters. The van der Waals surface area contributed by atoms with Crippen LogP contribution in [0.4, 0.5) is 5.69 Å². The zero-order valence-corrected chi connectivity index (χ0v) is 10.0. The van der Waals surface area contributed by atoms with E-state index in [1.54, 1.807) is 7.05 Å². The number of carbonyl (C=O) groups excluding carboxylic acids is 2. The van der Waals surface area contributed by atoms with Gasteiger partial charge in [-0.3, -0.25) is 9.59 Å².